The second-order valence-corrected chi connectivity index (χ2v) is 5.45. The van der Waals surface area contributed by atoms with E-state index in [9.17, 15) is 0 Å². The number of hydrogen-bond acceptors (Lipinski definition) is 4. The Bertz CT molecular complexity index is 524. The van der Waals surface area contributed by atoms with E-state index in [4.69, 9.17) is 0 Å². The first-order valence-corrected chi connectivity index (χ1v) is 6.05. The molecule has 18 heavy (non-hydrogen) atoms. The van der Waals surface area contributed by atoms with Crippen molar-refractivity contribution in [3.05, 3.63) is 35.7 Å². The lowest BCUT2D eigenvalue weighted by Crippen LogP contribution is -2.35. The molecule has 0 atom stereocenters. The highest BCUT2D eigenvalue weighted by Crippen LogP contribution is 2.10. The summed E-state index contributed by atoms with van der Waals surface area (Å²) in [5, 5.41) is 15.2. The Balaban J connectivity index is 2.23. The number of nitrogens with zero attached hydrogens (tertiary/aromatic N) is 4. The second kappa shape index (κ2) is 4.86. The monoisotopic (exact) mass is 245 g/mol. The third-order valence-electron chi connectivity index (χ3n) is 2.56. The van der Waals surface area contributed by atoms with Crippen LogP contribution in [0, 0.1) is 6.92 Å². The molecule has 0 saturated carbocycles. The molecule has 1 N–H and O–H groups in total. The smallest absolute Gasteiger partial charge is 0.170 e. The molecule has 1 heterocycles. The zero-order valence-corrected chi connectivity index (χ0v) is 11.3. The van der Waals surface area contributed by atoms with Gasteiger partial charge in [0.1, 0.15) is 0 Å². The molecule has 0 radical (unpaired) electrons. The fourth-order valence-corrected chi connectivity index (χ4v) is 1.62. The van der Waals surface area contributed by atoms with Gasteiger partial charge in [-0.05, 0) is 55.8 Å². The van der Waals surface area contributed by atoms with E-state index in [0.29, 0.717) is 6.54 Å². The molecule has 2 aromatic rings. The zero-order valence-electron chi connectivity index (χ0n) is 11.3. The van der Waals surface area contributed by atoms with Crippen LogP contribution in [0.15, 0.2) is 24.3 Å². The van der Waals surface area contributed by atoms with Crippen LogP contribution < -0.4 is 5.32 Å². The van der Waals surface area contributed by atoms with E-state index >= 15 is 0 Å². The van der Waals surface area contributed by atoms with Crippen molar-refractivity contribution in [2.75, 3.05) is 0 Å². The van der Waals surface area contributed by atoms with Crippen molar-refractivity contribution in [1.82, 2.24) is 25.5 Å². The zero-order chi connectivity index (χ0) is 13.2. The predicted molar refractivity (Wildman–Crippen MR) is 70.5 cm³/mol. The average Bonchev–Trinajstić information content (AvgIpc) is 2.73. The highest BCUT2D eigenvalue weighted by Gasteiger charge is 2.13. The minimum atomic E-state index is 0.0450. The number of hydrogen-bond donors (Lipinski definition) is 1. The largest absolute Gasteiger partial charge is 0.305 e. The van der Waals surface area contributed by atoms with Gasteiger partial charge in [-0.15, -0.1) is 5.10 Å². The van der Waals surface area contributed by atoms with E-state index < -0.39 is 0 Å². The molecule has 1 aromatic heterocycles. The van der Waals surface area contributed by atoms with Crippen LogP contribution in [-0.4, -0.2) is 25.7 Å². The molecule has 0 saturated heterocycles. The summed E-state index contributed by atoms with van der Waals surface area (Å²) in [5.74, 6) is 0.815. The van der Waals surface area contributed by atoms with Crippen LogP contribution in [0.1, 0.15) is 32.2 Å². The molecule has 0 unspecified atom stereocenters. The van der Waals surface area contributed by atoms with Crippen LogP contribution in [-0.2, 0) is 6.54 Å². The molecule has 0 bridgehead atoms. The summed E-state index contributed by atoms with van der Waals surface area (Å²) >= 11 is 0. The SMILES string of the molecule is Cc1cccc(-n2nnnc2CNC(C)(C)C)c1. The molecule has 5 heteroatoms. The van der Waals surface area contributed by atoms with Gasteiger partial charge in [-0.2, -0.15) is 4.68 Å². The van der Waals surface area contributed by atoms with E-state index in [0.717, 1.165) is 11.5 Å². The van der Waals surface area contributed by atoms with Crippen molar-refractivity contribution in [2.45, 2.75) is 39.8 Å². The topological polar surface area (TPSA) is 55.6 Å². The Kier molecular flexibility index (Phi) is 3.43. The molecule has 96 valence electrons. The normalized spacial score (nSPS) is 11.8. The predicted octanol–water partition coefficient (Wildman–Crippen LogP) is 1.86. The van der Waals surface area contributed by atoms with Crippen LogP contribution >= 0.6 is 0 Å². The van der Waals surface area contributed by atoms with Gasteiger partial charge in [-0.1, -0.05) is 12.1 Å². The standard InChI is InChI=1S/C13H19N5/c1-10-6-5-7-11(8-10)18-12(15-16-17-18)9-14-13(2,3)4/h5-8,14H,9H2,1-4H3. The van der Waals surface area contributed by atoms with Crippen molar-refractivity contribution < 1.29 is 0 Å². The summed E-state index contributed by atoms with van der Waals surface area (Å²) in [7, 11) is 0. The van der Waals surface area contributed by atoms with Crippen molar-refractivity contribution in [3.63, 3.8) is 0 Å². The lowest BCUT2D eigenvalue weighted by Gasteiger charge is -2.19. The Hall–Kier alpha value is -1.75. The van der Waals surface area contributed by atoms with Crippen LogP contribution in [0.4, 0.5) is 0 Å². The Morgan fingerprint density at radius 3 is 2.72 bits per heavy atom. The van der Waals surface area contributed by atoms with Crippen LogP contribution in [0.25, 0.3) is 5.69 Å². The van der Waals surface area contributed by atoms with Gasteiger partial charge in [0.25, 0.3) is 0 Å². The van der Waals surface area contributed by atoms with Gasteiger partial charge < -0.3 is 5.32 Å². The first kappa shape index (κ1) is 12.7. The maximum atomic E-state index is 4.06. The fourth-order valence-electron chi connectivity index (χ4n) is 1.62. The van der Waals surface area contributed by atoms with E-state index in [1.54, 1.807) is 4.68 Å². The Morgan fingerprint density at radius 1 is 1.28 bits per heavy atom. The minimum Gasteiger partial charge on any atom is -0.305 e. The molecular formula is C13H19N5. The van der Waals surface area contributed by atoms with Crippen LogP contribution in [0.3, 0.4) is 0 Å². The van der Waals surface area contributed by atoms with Gasteiger partial charge in [0.15, 0.2) is 5.82 Å². The van der Waals surface area contributed by atoms with E-state index in [-0.39, 0.29) is 5.54 Å². The minimum absolute atomic E-state index is 0.0450. The van der Waals surface area contributed by atoms with E-state index in [1.165, 1.54) is 5.56 Å². The van der Waals surface area contributed by atoms with Gasteiger partial charge in [-0.25, -0.2) is 0 Å². The maximum absolute atomic E-state index is 4.06. The first-order valence-electron chi connectivity index (χ1n) is 6.05. The third-order valence-corrected chi connectivity index (χ3v) is 2.56. The molecule has 5 nitrogen and oxygen atoms in total. The van der Waals surface area contributed by atoms with Gasteiger partial charge >= 0.3 is 0 Å². The quantitative estimate of drug-likeness (QED) is 0.896. The summed E-state index contributed by atoms with van der Waals surface area (Å²) in [4.78, 5) is 0. The van der Waals surface area contributed by atoms with Crippen molar-refractivity contribution >= 4 is 0 Å². The number of benzene rings is 1. The number of rotatable bonds is 3. The van der Waals surface area contributed by atoms with Gasteiger partial charge in [0.05, 0.1) is 12.2 Å². The number of aromatic nitrogens is 4. The van der Waals surface area contributed by atoms with Crippen molar-refractivity contribution in [2.24, 2.45) is 0 Å². The molecule has 0 amide bonds. The highest BCUT2D eigenvalue weighted by molar-refractivity contribution is 5.34. The third kappa shape index (κ3) is 3.13. The molecule has 0 aliphatic rings. The molecule has 0 aliphatic carbocycles. The van der Waals surface area contributed by atoms with Crippen molar-refractivity contribution in [3.8, 4) is 5.69 Å². The maximum Gasteiger partial charge on any atom is 0.170 e. The summed E-state index contributed by atoms with van der Waals surface area (Å²) < 4.78 is 1.77. The van der Waals surface area contributed by atoms with E-state index in [2.05, 4.69) is 60.7 Å². The summed E-state index contributed by atoms with van der Waals surface area (Å²) in [6.07, 6.45) is 0. The lowest BCUT2D eigenvalue weighted by atomic mass is 10.1. The lowest BCUT2D eigenvalue weighted by molar-refractivity contribution is 0.415. The molecular weight excluding hydrogens is 226 g/mol. The van der Waals surface area contributed by atoms with Crippen molar-refractivity contribution in [1.29, 1.82) is 0 Å². The second-order valence-electron chi connectivity index (χ2n) is 5.45. The summed E-state index contributed by atoms with van der Waals surface area (Å²) in [5.41, 5.74) is 2.23. The van der Waals surface area contributed by atoms with Crippen LogP contribution in [0.2, 0.25) is 0 Å². The number of tetrazole rings is 1. The molecule has 0 fully saturated rings. The number of aryl methyl sites for hydroxylation is 1. The molecule has 0 aliphatic heterocycles. The van der Waals surface area contributed by atoms with E-state index in [1.807, 2.05) is 12.1 Å². The average molecular weight is 245 g/mol. The summed E-state index contributed by atoms with van der Waals surface area (Å²) in [6.45, 7) is 9.06. The van der Waals surface area contributed by atoms with Gasteiger partial charge in [-0.3, -0.25) is 0 Å². The van der Waals surface area contributed by atoms with Gasteiger partial charge in [0.2, 0.25) is 0 Å². The summed E-state index contributed by atoms with van der Waals surface area (Å²) in [6, 6.07) is 8.13. The van der Waals surface area contributed by atoms with Crippen LogP contribution in [0.5, 0.6) is 0 Å². The Labute approximate surface area is 107 Å². The number of nitrogens with one attached hydrogen (secondary N) is 1. The first-order chi connectivity index (χ1) is 8.46. The Morgan fingerprint density at radius 2 is 2.06 bits per heavy atom. The molecule has 0 spiro atoms. The highest BCUT2D eigenvalue weighted by atomic mass is 15.5. The molecule has 2 rings (SSSR count). The molecule has 1 aromatic carbocycles. The fraction of sp³-hybridized carbons (Fsp3) is 0.462. The van der Waals surface area contributed by atoms with Gasteiger partial charge in [0, 0.05) is 5.54 Å².